The largest absolute Gasteiger partial charge is 0.364 e. The first-order valence-corrected chi connectivity index (χ1v) is 6.50. The van der Waals surface area contributed by atoms with Gasteiger partial charge >= 0.3 is 0 Å². The summed E-state index contributed by atoms with van der Waals surface area (Å²) in [4.78, 5) is 0. The van der Waals surface area contributed by atoms with Gasteiger partial charge in [0.15, 0.2) is 10.2 Å². The molecule has 0 fully saturated rings. The summed E-state index contributed by atoms with van der Waals surface area (Å²) in [5.41, 5.74) is 5.39. The van der Waals surface area contributed by atoms with Crippen molar-refractivity contribution in [2.45, 2.75) is 25.7 Å². The van der Waals surface area contributed by atoms with Crippen molar-refractivity contribution < 1.29 is 0 Å². The number of nitrogens with zero attached hydrogens (tertiary/aromatic N) is 2. The minimum Gasteiger partial charge on any atom is -0.364 e. The van der Waals surface area contributed by atoms with Crippen molar-refractivity contribution >= 4 is 47.1 Å². The standard InChI is InChI=1S/C10H20N6S2/c1-11-9(17)15-13-7-5-3-4-6-8-14-16-10(18)12-2/h7-8H,3-6H2,1-2H3,(H2,11,15,17)(H2,12,16,18)/b13-7+,14-8+. The van der Waals surface area contributed by atoms with E-state index in [0.29, 0.717) is 10.2 Å². The predicted molar refractivity (Wildman–Crippen MR) is 85.0 cm³/mol. The predicted octanol–water partition coefficient (Wildman–Crippen LogP) is 0.706. The Bertz CT molecular complexity index is 273. The molecular weight excluding hydrogens is 268 g/mol. The Balaban J connectivity index is 3.35. The molecule has 0 amide bonds. The molecule has 0 rings (SSSR count). The fourth-order valence-electron chi connectivity index (χ4n) is 0.921. The Morgan fingerprint density at radius 2 is 1.28 bits per heavy atom. The van der Waals surface area contributed by atoms with E-state index < -0.39 is 0 Å². The minimum atomic E-state index is 0.518. The van der Waals surface area contributed by atoms with Gasteiger partial charge in [0.25, 0.3) is 0 Å². The fraction of sp³-hybridized carbons (Fsp3) is 0.600. The summed E-state index contributed by atoms with van der Waals surface area (Å²) < 4.78 is 0. The maximum Gasteiger partial charge on any atom is 0.186 e. The van der Waals surface area contributed by atoms with Gasteiger partial charge in [-0.15, -0.1) is 0 Å². The quantitative estimate of drug-likeness (QED) is 0.239. The smallest absolute Gasteiger partial charge is 0.186 e. The number of hydrogen-bond acceptors (Lipinski definition) is 4. The molecule has 0 aromatic heterocycles. The monoisotopic (exact) mass is 288 g/mol. The number of nitrogens with one attached hydrogen (secondary N) is 4. The van der Waals surface area contributed by atoms with E-state index in [0.717, 1.165) is 25.7 Å². The van der Waals surface area contributed by atoms with E-state index >= 15 is 0 Å². The maximum atomic E-state index is 4.86. The molecule has 0 aliphatic rings. The highest BCUT2D eigenvalue weighted by molar-refractivity contribution is 7.80. The van der Waals surface area contributed by atoms with E-state index in [1.165, 1.54) is 0 Å². The molecule has 0 aromatic rings. The lowest BCUT2D eigenvalue weighted by Crippen LogP contribution is -2.28. The van der Waals surface area contributed by atoms with E-state index in [4.69, 9.17) is 24.4 Å². The van der Waals surface area contributed by atoms with Crippen molar-refractivity contribution in [2.24, 2.45) is 10.2 Å². The third kappa shape index (κ3) is 11.2. The lowest BCUT2D eigenvalue weighted by atomic mass is 10.2. The van der Waals surface area contributed by atoms with Crippen LogP contribution in [0, 0.1) is 0 Å². The van der Waals surface area contributed by atoms with Gasteiger partial charge in [-0.2, -0.15) is 10.2 Å². The zero-order valence-electron chi connectivity index (χ0n) is 10.7. The van der Waals surface area contributed by atoms with Gasteiger partial charge in [-0.25, -0.2) is 0 Å². The average Bonchev–Trinajstić information content (AvgIpc) is 2.40. The molecule has 0 aliphatic carbocycles. The van der Waals surface area contributed by atoms with Crippen LogP contribution in [0.5, 0.6) is 0 Å². The van der Waals surface area contributed by atoms with Crippen molar-refractivity contribution in [3.05, 3.63) is 0 Å². The molecule has 8 heteroatoms. The van der Waals surface area contributed by atoms with Crippen LogP contribution in [0.2, 0.25) is 0 Å². The van der Waals surface area contributed by atoms with E-state index in [1.807, 2.05) is 12.4 Å². The molecule has 0 saturated heterocycles. The second-order valence-electron chi connectivity index (χ2n) is 3.29. The summed E-state index contributed by atoms with van der Waals surface area (Å²) in [6.07, 6.45) is 7.56. The molecule has 0 heterocycles. The van der Waals surface area contributed by atoms with Crippen LogP contribution in [-0.4, -0.2) is 36.7 Å². The Labute approximate surface area is 119 Å². The molecule has 0 aromatic carbocycles. The van der Waals surface area contributed by atoms with Crippen molar-refractivity contribution in [3.63, 3.8) is 0 Å². The van der Waals surface area contributed by atoms with Crippen LogP contribution in [-0.2, 0) is 0 Å². The molecule has 0 spiro atoms. The fourth-order valence-corrected chi connectivity index (χ4v) is 1.03. The molecular formula is C10H20N6S2. The Morgan fingerprint density at radius 3 is 1.61 bits per heavy atom. The van der Waals surface area contributed by atoms with E-state index in [-0.39, 0.29) is 0 Å². The minimum absolute atomic E-state index is 0.518. The normalized spacial score (nSPS) is 10.6. The van der Waals surface area contributed by atoms with Crippen molar-refractivity contribution in [1.29, 1.82) is 0 Å². The number of hydrazone groups is 2. The molecule has 0 saturated carbocycles. The lowest BCUT2D eigenvalue weighted by Gasteiger charge is -1.99. The summed E-state index contributed by atoms with van der Waals surface area (Å²) in [5, 5.41) is 14.5. The third-order valence-electron chi connectivity index (χ3n) is 1.89. The molecule has 4 N–H and O–H groups in total. The van der Waals surface area contributed by atoms with Crippen LogP contribution >= 0.6 is 24.4 Å². The van der Waals surface area contributed by atoms with Crippen LogP contribution in [0.15, 0.2) is 10.2 Å². The van der Waals surface area contributed by atoms with Crippen LogP contribution < -0.4 is 21.5 Å². The SMILES string of the molecule is CNC(=S)N/N=C/CCCC/C=N/NC(=S)NC. The number of rotatable bonds is 7. The van der Waals surface area contributed by atoms with Crippen LogP contribution in [0.3, 0.4) is 0 Å². The van der Waals surface area contributed by atoms with Gasteiger partial charge < -0.3 is 10.6 Å². The number of hydrogen-bond donors (Lipinski definition) is 4. The van der Waals surface area contributed by atoms with Gasteiger partial charge in [0, 0.05) is 26.5 Å². The van der Waals surface area contributed by atoms with Gasteiger partial charge in [-0.05, 0) is 50.1 Å². The molecule has 0 bridgehead atoms. The van der Waals surface area contributed by atoms with Gasteiger partial charge in [-0.1, -0.05) is 0 Å². The number of thiocarbonyl (C=S) groups is 2. The number of unbranched alkanes of at least 4 members (excludes halogenated alkanes) is 3. The first kappa shape index (κ1) is 16.7. The van der Waals surface area contributed by atoms with Crippen molar-refractivity contribution in [1.82, 2.24) is 21.5 Å². The van der Waals surface area contributed by atoms with E-state index in [9.17, 15) is 0 Å². The summed E-state index contributed by atoms with van der Waals surface area (Å²) in [6.45, 7) is 0. The van der Waals surface area contributed by atoms with E-state index in [1.54, 1.807) is 14.1 Å². The molecule has 0 aliphatic heterocycles. The molecule has 18 heavy (non-hydrogen) atoms. The van der Waals surface area contributed by atoms with Crippen LogP contribution in [0.1, 0.15) is 25.7 Å². The zero-order valence-corrected chi connectivity index (χ0v) is 12.3. The first-order chi connectivity index (χ1) is 8.70. The Morgan fingerprint density at radius 1 is 0.889 bits per heavy atom. The highest BCUT2D eigenvalue weighted by atomic mass is 32.1. The molecule has 0 atom stereocenters. The molecule has 0 unspecified atom stereocenters. The van der Waals surface area contributed by atoms with Crippen LogP contribution in [0.25, 0.3) is 0 Å². The molecule has 102 valence electrons. The second kappa shape index (κ2) is 12.2. The summed E-state index contributed by atoms with van der Waals surface area (Å²) in [7, 11) is 3.50. The van der Waals surface area contributed by atoms with Crippen LogP contribution in [0.4, 0.5) is 0 Å². The van der Waals surface area contributed by atoms with Crippen molar-refractivity contribution in [2.75, 3.05) is 14.1 Å². The maximum absolute atomic E-state index is 4.86. The summed E-state index contributed by atoms with van der Waals surface area (Å²) in [6, 6.07) is 0. The first-order valence-electron chi connectivity index (χ1n) is 5.69. The average molecular weight is 288 g/mol. The highest BCUT2D eigenvalue weighted by Gasteiger charge is 1.87. The third-order valence-corrected chi connectivity index (χ3v) is 2.48. The van der Waals surface area contributed by atoms with Gasteiger partial charge in [-0.3, -0.25) is 10.9 Å². The second-order valence-corrected chi connectivity index (χ2v) is 4.11. The van der Waals surface area contributed by atoms with Gasteiger partial charge in [0.1, 0.15) is 0 Å². The zero-order chi connectivity index (χ0) is 13.6. The van der Waals surface area contributed by atoms with Gasteiger partial charge in [0.2, 0.25) is 0 Å². The topological polar surface area (TPSA) is 72.8 Å². The Kier molecular flexibility index (Phi) is 11.3. The summed E-state index contributed by atoms with van der Waals surface area (Å²) >= 11 is 9.72. The highest BCUT2D eigenvalue weighted by Crippen LogP contribution is 1.95. The summed E-state index contributed by atoms with van der Waals surface area (Å²) in [5.74, 6) is 0. The van der Waals surface area contributed by atoms with Crippen molar-refractivity contribution in [3.8, 4) is 0 Å². The van der Waals surface area contributed by atoms with Gasteiger partial charge in [0.05, 0.1) is 0 Å². The molecule has 6 nitrogen and oxygen atoms in total. The lowest BCUT2D eigenvalue weighted by molar-refractivity contribution is 0.798. The molecule has 0 radical (unpaired) electrons. The Hall–Kier alpha value is -1.28. The van der Waals surface area contributed by atoms with E-state index in [2.05, 4.69) is 31.7 Å².